The number of carbonyl (C=O) groups is 1. The zero-order chi connectivity index (χ0) is 20.9. The Balaban J connectivity index is 2.31. The predicted molar refractivity (Wildman–Crippen MR) is 109 cm³/mol. The van der Waals surface area contributed by atoms with E-state index in [2.05, 4.69) is 5.32 Å². The molecule has 0 aliphatic carbocycles. The molecule has 1 amide bonds. The Bertz CT molecular complexity index is 943. The summed E-state index contributed by atoms with van der Waals surface area (Å²) < 4.78 is 36.6. The summed E-state index contributed by atoms with van der Waals surface area (Å²) in [5, 5.41) is 2.80. The van der Waals surface area contributed by atoms with Crippen molar-refractivity contribution in [3.05, 3.63) is 53.6 Å². The van der Waals surface area contributed by atoms with E-state index in [9.17, 15) is 13.2 Å². The summed E-state index contributed by atoms with van der Waals surface area (Å²) in [7, 11) is -0.853. The lowest BCUT2D eigenvalue weighted by Gasteiger charge is -2.29. The number of aryl methyl sites for hydroxylation is 1. The minimum atomic E-state index is -3.77. The molecule has 0 spiro atoms. The van der Waals surface area contributed by atoms with Crippen LogP contribution in [0.25, 0.3) is 0 Å². The van der Waals surface area contributed by atoms with Crippen LogP contribution in [0.15, 0.2) is 42.5 Å². The number of sulfonamides is 1. The number of anilines is 1. The van der Waals surface area contributed by atoms with Crippen molar-refractivity contribution in [1.29, 1.82) is 0 Å². The summed E-state index contributed by atoms with van der Waals surface area (Å²) in [6.07, 6.45) is 1.05. The van der Waals surface area contributed by atoms with E-state index in [1.54, 1.807) is 12.1 Å². The van der Waals surface area contributed by atoms with Gasteiger partial charge in [0.1, 0.15) is 17.5 Å². The van der Waals surface area contributed by atoms with Gasteiger partial charge in [-0.2, -0.15) is 0 Å². The molecule has 0 bridgehead atoms. The van der Waals surface area contributed by atoms with Gasteiger partial charge in [0, 0.05) is 12.6 Å². The third kappa shape index (κ3) is 5.16. The van der Waals surface area contributed by atoms with Crippen molar-refractivity contribution >= 4 is 21.6 Å². The smallest absolute Gasteiger partial charge is 0.243 e. The van der Waals surface area contributed by atoms with Gasteiger partial charge in [0.2, 0.25) is 15.9 Å². The molecule has 8 heteroatoms. The first-order valence-corrected chi connectivity index (χ1v) is 10.6. The van der Waals surface area contributed by atoms with Crippen molar-refractivity contribution in [1.82, 2.24) is 5.32 Å². The van der Waals surface area contributed by atoms with E-state index in [1.165, 1.54) is 27.2 Å². The van der Waals surface area contributed by atoms with Gasteiger partial charge < -0.3 is 14.8 Å². The standard InChI is InChI=1S/C20H26N2O5S/c1-14-7-6-8-16(11-14)13-21-20(23)15(2)22(28(5,24)25)18-12-17(26-3)9-10-19(18)27-4/h6-12,15H,13H2,1-5H3,(H,21,23)/t15-/m0/s1. The highest BCUT2D eigenvalue weighted by Crippen LogP contribution is 2.35. The maximum atomic E-state index is 12.7. The second-order valence-corrected chi connectivity index (χ2v) is 8.34. The van der Waals surface area contributed by atoms with Crippen molar-refractivity contribution in [2.45, 2.75) is 26.4 Å². The Hall–Kier alpha value is -2.74. The molecule has 2 aromatic carbocycles. The molecule has 0 radical (unpaired) electrons. The lowest BCUT2D eigenvalue weighted by Crippen LogP contribution is -2.47. The topological polar surface area (TPSA) is 84.9 Å². The van der Waals surface area contributed by atoms with Crippen LogP contribution in [-0.4, -0.2) is 40.8 Å². The lowest BCUT2D eigenvalue weighted by atomic mass is 10.1. The molecule has 0 fully saturated rings. The summed E-state index contributed by atoms with van der Waals surface area (Å²) in [5.41, 5.74) is 2.26. The summed E-state index contributed by atoms with van der Waals surface area (Å²) >= 11 is 0. The van der Waals surface area contributed by atoms with Crippen LogP contribution in [0.4, 0.5) is 5.69 Å². The van der Waals surface area contributed by atoms with Gasteiger partial charge in [-0.1, -0.05) is 29.8 Å². The first-order chi connectivity index (χ1) is 13.2. The molecule has 0 heterocycles. The number of rotatable bonds is 8. The SMILES string of the molecule is COc1ccc(OC)c(N([C@@H](C)C(=O)NCc2cccc(C)c2)S(C)(=O)=O)c1. The second kappa shape index (κ2) is 8.97. The maximum Gasteiger partial charge on any atom is 0.243 e. The summed E-state index contributed by atoms with van der Waals surface area (Å²) in [5.74, 6) is 0.359. The molecule has 7 nitrogen and oxygen atoms in total. The third-order valence-corrected chi connectivity index (χ3v) is 5.49. The third-order valence-electron chi connectivity index (χ3n) is 4.26. The highest BCUT2D eigenvalue weighted by Gasteiger charge is 2.31. The molecule has 1 atom stereocenters. The predicted octanol–water partition coefficient (Wildman–Crippen LogP) is 2.48. The minimum absolute atomic E-state index is 0.238. The van der Waals surface area contributed by atoms with Crippen LogP contribution in [0.2, 0.25) is 0 Å². The van der Waals surface area contributed by atoms with Gasteiger partial charge >= 0.3 is 0 Å². The second-order valence-electron chi connectivity index (χ2n) is 6.48. The number of methoxy groups -OCH3 is 2. The molecule has 0 saturated heterocycles. The highest BCUT2D eigenvalue weighted by atomic mass is 32.2. The molecule has 2 aromatic rings. The van der Waals surface area contributed by atoms with E-state index in [4.69, 9.17) is 9.47 Å². The maximum absolute atomic E-state index is 12.7. The molecule has 0 aromatic heterocycles. The Morgan fingerprint density at radius 2 is 1.86 bits per heavy atom. The van der Waals surface area contributed by atoms with Gasteiger partial charge in [0.25, 0.3) is 0 Å². The van der Waals surface area contributed by atoms with Gasteiger partial charge in [-0.3, -0.25) is 9.10 Å². The van der Waals surface area contributed by atoms with E-state index in [-0.39, 0.29) is 5.69 Å². The molecule has 28 heavy (non-hydrogen) atoms. The van der Waals surface area contributed by atoms with Gasteiger partial charge in [-0.15, -0.1) is 0 Å². The van der Waals surface area contributed by atoms with E-state index in [0.29, 0.717) is 18.0 Å². The van der Waals surface area contributed by atoms with E-state index in [1.807, 2.05) is 31.2 Å². The fourth-order valence-corrected chi connectivity index (χ4v) is 4.08. The summed E-state index contributed by atoms with van der Waals surface area (Å²) in [4.78, 5) is 12.7. The lowest BCUT2D eigenvalue weighted by molar-refractivity contribution is -0.122. The number of ether oxygens (including phenoxy) is 2. The van der Waals surface area contributed by atoms with E-state index in [0.717, 1.165) is 21.7 Å². The first-order valence-electron chi connectivity index (χ1n) is 8.72. The van der Waals surface area contributed by atoms with Crippen LogP contribution >= 0.6 is 0 Å². The van der Waals surface area contributed by atoms with Gasteiger partial charge in [0.15, 0.2) is 0 Å². The molecule has 152 valence electrons. The normalized spacial score (nSPS) is 12.2. The molecular weight excluding hydrogens is 380 g/mol. The average molecular weight is 407 g/mol. The van der Waals surface area contributed by atoms with Crippen LogP contribution in [0.5, 0.6) is 11.5 Å². The van der Waals surface area contributed by atoms with Crippen molar-refractivity contribution < 1.29 is 22.7 Å². The zero-order valence-corrected chi connectivity index (χ0v) is 17.5. The van der Waals surface area contributed by atoms with E-state index < -0.39 is 22.0 Å². The monoisotopic (exact) mass is 406 g/mol. The number of benzene rings is 2. The van der Waals surface area contributed by atoms with Gasteiger partial charge in [-0.05, 0) is 31.5 Å². The molecule has 0 saturated carbocycles. The zero-order valence-electron chi connectivity index (χ0n) is 16.7. The van der Waals surface area contributed by atoms with Crippen LogP contribution in [0.3, 0.4) is 0 Å². The van der Waals surface area contributed by atoms with Crippen LogP contribution < -0.4 is 19.1 Å². The van der Waals surface area contributed by atoms with E-state index >= 15 is 0 Å². The molecule has 0 aliphatic rings. The van der Waals surface area contributed by atoms with Gasteiger partial charge in [-0.25, -0.2) is 8.42 Å². The van der Waals surface area contributed by atoms with Crippen LogP contribution in [-0.2, 0) is 21.4 Å². The number of amides is 1. The Morgan fingerprint density at radius 1 is 1.14 bits per heavy atom. The minimum Gasteiger partial charge on any atom is -0.497 e. The fourth-order valence-electron chi connectivity index (χ4n) is 2.91. The Morgan fingerprint density at radius 3 is 2.43 bits per heavy atom. The quantitative estimate of drug-likeness (QED) is 0.728. The number of hydrogen-bond donors (Lipinski definition) is 1. The molecule has 1 N–H and O–H groups in total. The summed E-state index contributed by atoms with van der Waals surface area (Å²) in [6.45, 7) is 3.80. The number of carbonyl (C=O) groups excluding carboxylic acids is 1. The van der Waals surface area contributed by atoms with Crippen molar-refractivity contribution in [2.75, 3.05) is 24.8 Å². The highest BCUT2D eigenvalue weighted by molar-refractivity contribution is 7.92. The van der Waals surface area contributed by atoms with Crippen molar-refractivity contribution in [3.63, 3.8) is 0 Å². The number of nitrogens with zero attached hydrogens (tertiary/aromatic N) is 1. The molecule has 2 rings (SSSR count). The van der Waals surface area contributed by atoms with Crippen molar-refractivity contribution in [3.8, 4) is 11.5 Å². The summed E-state index contributed by atoms with van der Waals surface area (Å²) in [6, 6.07) is 11.5. The number of hydrogen-bond acceptors (Lipinski definition) is 5. The van der Waals surface area contributed by atoms with Crippen LogP contribution in [0.1, 0.15) is 18.1 Å². The largest absolute Gasteiger partial charge is 0.497 e. The first kappa shape index (κ1) is 21.6. The molecular formula is C20H26N2O5S. The Labute approximate surface area is 166 Å². The fraction of sp³-hybridized carbons (Fsp3) is 0.350. The van der Waals surface area contributed by atoms with Crippen molar-refractivity contribution in [2.24, 2.45) is 0 Å². The number of nitrogens with one attached hydrogen (secondary N) is 1. The molecule has 0 unspecified atom stereocenters. The van der Waals surface area contributed by atoms with Crippen LogP contribution in [0, 0.1) is 6.92 Å². The molecule has 0 aliphatic heterocycles. The Kier molecular flexibility index (Phi) is 6.90. The average Bonchev–Trinajstić information content (AvgIpc) is 2.65. The van der Waals surface area contributed by atoms with Gasteiger partial charge in [0.05, 0.1) is 26.2 Å².